The number of likely N-dealkylation sites (tertiary alicyclic amines) is 1. The quantitative estimate of drug-likeness (QED) is 0.369. The molecule has 1 saturated heterocycles. The van der Waals surface area contributed by atoms with Gasteiger partial charge in [-0.3, -0.25) is 9.59 Å². The van der Waals surface area contributed by atoms with Crippen LogP contribution in [-0.2, 0) is 11.2 Å². The van der Waals surface area contributed by atoms with Crippen LogP contribution in [0.5, 0.6) is 11.5 Å². The third-order valence-electron chi connectivity index (χ3n) is 6.14. The number of carbonyl (C=O) groups excluding carboxylic acids is 2. The van der Waals surface area contributed by atoms with Crippen molar-refractivity contribution in [3.63, 3.8) is 0 Å². The van der Waals surface area contributed by atoms with Crippen molar-refractivity contribution in [2.75, 3.05) is 19.6 Å². The average Bonchev–Trinajstić information content (AvgIpc) is 3.43. The van der Waals surface area contributed by atoms with E-state index in [9.17, 15) is 14.0 Å². The largest absolute Gasteiger partial charge is 0.458 e. The van der Waals surface area contributed by atoms with E-state index in [-0.39, 0.29) is 11.4 Å². The maximum atomic E-state index is 12.8. The van der Waals surface area contributed by atoms with E-state index in [4.69, 9.17) is 15.2 Å². The summed E-state index contributed by atoms with van der Waals surface area (Å²) in [4.78, 5) is 24.6. The number of nitrogens with two attached hydrogens (primary N) is 1. The second-order valence-electron chi connectivity index (χ2n) is 8.72. The molecule has 0 atom stereocenters. The number of amides is 1. The van der Waals surface area contributed by atoms with Gasteiger partial charge in [0.15, 0.2) is 11.5 Å². The molecule has 6 nitrogen and oxygen atoms in total. The number of ether oxygens (including phenoxy) is 2. The summed E-state index contributed by atoms with van der Waals surface area (Å²) in [5.41, 5.74) is 8.13. The van der Waals surface area contributed by atoms with Gasteiger partial charge in [0.25, 0.3) is 5.91 Å². The van der Waals surface area contributed by atoms with E-state index in [0.29, 0.717) is 0 Å². The lowest BCUT2D eigenvalue weighted by atomic mass is 10.0. The lowest BCUT2D eigenvalue weighted by Gasteiger charge is -2.15. The molecule has 0 bridgehead atoms. The van der Waals surface area contributed by atoms with Gasteiger partial charge in [0.1, 0.15) is 18.3 Å². The fourth-order valence-corrected chi connectivity index (χ4v) is 4.21. The molecule has 3 aromatic carbocycles. The van der Waals surface area contributed by atoms with Gasteiger partial charge in [0.05, 0.1) is 0 Å². The first-order valence-electron chi connectivity index (χ1n) is 12.0. The van der Waals surface area contributed by atoms with Crippen LogP contribution in [0.3, 0.4) is 0 Å². The summed E-state index contributed by atoms with van der Waals surface area (Å²) in [6.45, 7) is 3.78. The van der Waals surface area contributed by atoms with Crippen molar-refractivity contribution < 1.29 is 23.5 Å². The van der Waals surface area contributed by atoms with E-state index in [1.165, 1.54) is 68.7 Å². The fourth-order valence-electron chi connectivity index (χ4n) is 4.21. The van der Waals surface area contributed by atoms with Crippen molar-refractivity contribution in [1.29, 1.82) is 0 Å². The number of hydrogen-bond donors (Lipinski definition) is 1. The first-order valence-corrected chi connectivity index (χ1v) is 12.0. The minimum absolute atomic E-state index is 0.244. The second kappa shape index (κ2) is 12.1. The summed E-state index contributed by atoms with van der Waals surface area (Å²) >= 11 is 0. The number of benzene rings is 3. The van der Waals surface area contributed by atoms with Crippen molar-refractivity contribution in [1.82, 2.24) is 4.90 Å². The Morgan fingerprint density at radius 2 is 1.44 bits per heavy atom. The van der Waals surface area contributed by atoms with Gasteiger partial charge in [-0.25, -0.2) is 4.39 Å². The summed E-state index contributed by atoms with van der Waals surface area (Å²) in [5.74, 6) is -0.374. The number of rotatable bonds is 7. The van der Waals surface area contributed by atoms with Crippen molar-refractivity contribution in [3.8, 4) is 22.6 Å². The number of Topliss-reactive ketones (excluding diaryl/α,β-unsaturated/α-hetero) is 1. The minimum Gasteiger partial charge on any atom is -0.458 e. The Balaban J connectivity index is 0.000000169. The molecule has 0 unspecified atom stereocenters. The zero-order valence-corrected chi connectivity index (χ0v) is 20.0. The Morgan fingerprint density at radius 1 is 0.833 bits per heavy atom. The molecule has 0 spiro atoms. The topological polar surface area (TPSA) is 81.9 Å². The summed E-state index contributed by atoms with van der Waals surface area (Å²) in [5, 5.41) is 0. The predicted molar refractivity (Wildman–Crippen MR) is 136 cm³/mol. The zero-order valence-electron chi connectivity index (χ0n) is 20.0. The van der Waals surface area contributed by atoms with Crippen LogP contribution in [0, 0.1) is 5.82 Å². The second-order valence-corrected chi connectivity index (χ2v) is 8.72. The summed E-state index contributed by atoms with van der Waals surface area (Å²) in [7, 11) is 0. The van der Waals surface area contributed by atoms with Crippen LogP contribution in [0.25, 0.3) is 11.1 Å². The SMILES string of the molecule is C1=COc2cc(CCCN3CCCC3)ccc2O1.NC(=O)C(=O)c1ccc(-c2ccc(F)cc2)cc1. The molecule has 3 aromatic rings. The number of aryl methyl sites for hydroxylation is 1. The number of carbonyl (C=O) groups is 2. The Bertz CT molecular complexity index is 1220. The molecule has 36 heavy (non-hydrogen) atoms. The molecule has 5 rings (SSSR count). The van der Waals surface area contributed by atoms with E-state index in [1.54, 1.807) is 36.8 Å². The highest BCUT2D eigenvalue weighted by molar-refractivity contribution is 6.42. The number of primary amides is 1. The fraction of sp³-hybridized carbons (Fsp3) is 0.241. The Hall–Kier alpha value is -3.97. The Morgan fingerprint density at radius 3 is 2.08 bits per heavy atom. The lowest BCUT2D eigenvalue weighted by molar-refractivity contribution is -0.114. The van der Waals surface area contributed by atoms with E-state index < -0.39 is 11.7 Å². The van der Waals surface area contributed by atoms with E-state index in [1.807, 2.05) is 6.07 Å². The van der Waals surface area contributed by atoms with Gasteiger partial charge in [0.2, 0.25) is 5.78 Å². The van der Waals surface area contributed by atoms with Gasteiger partial charge in [0, 0.05) is 5.56 Å². The van der Waals surface area contributed by atoms with Crippen LogP contribution in [0.1, 0.15) is 35.2 Å². The highest BCUT2D eigenvalue weighted by Crippen LogP contribution is 2.31. The van der Waals surface area contributed by atoms with Gasteiger partial charge < -0.3 is 20.1 Å². The number of halogens is 1. The normalized spacial score (nSPS) is 14.1. The molecule has 1 amide bonds. The number of nitrogens with zero attached hydrogens (tertiary/aromatic N) is 1. The van der Waals surface area contributed by atoms with E-state index in [0.717, 1.165) is 29.0 Å². The molecule has 2 aliphatic heterocycles. The first-order chi connectivity index (χ1) is 17.5. The van der Waals surface area contributed by atoms with Gasteiger partial charge in [-0.15, -0.1) is 0 Å². The van der Waals surface area contributed by atoms with Gasteiger partial charge in [-0.1, -0.05) is 42.5 Å². The van der Waals surface area contributed by atoms with Crippen LogP contribution in [0.4, 0.5) is 4.39 Å². The van der Waals surface area contributed by atoms with Crippen molar-refractivity contribution >= 4 is 11.7 Å². The molecule has 0 saturated carbocycles. The van der Waals surface area contributed by atoms with Gasteiger partial charge in [-0.05, 0) is 86.3 Å². The minimum atomic E-state index is -0.982. The Kier molecular flexibility index (Phi) is 8.47. The molecule has 0 aromatic heterocycles. The van der Waals surface area contributed by atoms with Crippen molar-refractivity contribution in [3.05, 3.63) is 96.2 Å². The molecule has 1 fully saturated rings. The highest BCUT2D eigenvalue weighted by atomic mass is 19.1. The zero-order chi connectivity index (χ0) is 25.3. The smallest absolute Gasteiger partial charge is 0.289 e. The van der Waals surface area contributed by atoms with Crippen LogP contribution < -0.4 is 15.2 Å². The van der Waals surface area contributed by atoms with E-state index in [2.05, 4.69) is 17.0 Å². The number of fused-ring (bicyclic) bond motifs is 1. The molecular weight excluding hydrogens is 459 g/mol. The van der Waals surface area contributed by atoms with Gasteiger partial charge in [-0.2, -0.15) is 0 Å². The lowest BCUT2D eigenvalue weighted by Crippen LogP contribution is -2.22. The third kappa shape index (κ3) is 6.79. The average molecular weight is 489 g/mol. The van der Waals surface area contributed by atoms with Crippen LogP contribution in [0.2, 0.25) is 0 Å². The molecule has 7 heteroatoms. The van der Waals surface area contributed by atoms with Crippen LogP contribution >= 0.6 is 0 Å². The van der Waals surface area contributed by atoms with E-state index >= 15 is 0 Å². The Labute approximate surface area is 210 Å². The highest BCUT2D eigenvalue weighted by Gasteiger charge is 2.13. The summed E-state index contributed by atoms with van der Waals surface area (Å²) < 4.78 is 23.5. The standard InChI is InChI=1S/C15H19NO2.C14H10FNO2/c1-2-8-16(7-1)9-3-4-13-5-6-14-15(12-13)18-11-10-17-14;15-12-7-5-10(6-8-12)9-1-3-11(4-2-9)13(17)14(16)18/h5-6,10-12H,1-4,7-9H2;1-8H,(H2,16,18). The molecule has 2 heterocycles. The first kappa shape index (κ1) is 25.1. The maximum absolute atomic E-state index is 12.8. The predicted octanol–water partition coefficient (Wildman–Crippen LogP) is 5.12. The van der Waals surface area contributed by atoms with Crippen molar-refractivity contribution in [2.45, 2.75) is 25.7 Å². The number of ketones is 1. The number of hydrogen-bond acceptors (Lipinski definition) is 5. The molecule has 2 N–H and O–H groups in total. The molecule has 0 aliphatic carbocycles. The molecular formula is C29H29FN2O4. The monoisotopic (exact) mass is 488 g/mol. The van der Waals surface area contributed by atoms with Gasteiger partial charge >= 0.3 is 0 Å². The summed E-state index contributed by atoms with van der Waals surface area (Å²) in [6, 6.07) is 18.6. The summed E-state index contributed by atoms with van der Waals surface area (Å²) in [6.07, 6.45) is 8.21. The third-order valence-corrected chi connectivity index (χ3v) is 6.14. The van der Waals surface area contributed by atoms with Crippen LogP contribution in [-0.4, -0.2) is 36.2 Å². The van der Waals surface area contributed by atoms with Crippen LogP contribution in [0.15, 0.2) is 79.3 Å². The molecule has 0 radical (unpaired) electrons. The van der Waals surface area contributed by atoms with Crippen molar-refractivity contribution in [2.24, 2.45) is 5.73 Å². The molecule has 186 valence electrons. The molecule has 2 aliphatic rings. The maximum Gasteiger partial charge on any atom is 0.289 e.